The van der Waals surface area contributed by atoms with Gasteiger partial charge in [0.2, 0.25) is 0 Å². The molecule has 0 saturated heterocycles. The van der Waals surface area contributed by atoms with E-state index in [1.54, 1.807) is 6.92 Å². The van der Waals surface area contributed by atoms with Gasteiger partial charge in [-0.05, 0) is 36.8 Å². The van der Waals surface area contributed by atoms with Gasteiger partial charge in [0.1, 0.15) is 5.82 Å². The molecule has 142 valence electrons. The van der Waals surface area contributed by atoms with Crippen LogP contribution in [0, 0.1) is 0 Å². The predicted octanol–water partition coefficient (Wildman–Crippen LogP) is 4.16. The number of hydrogen-bond acceptors (Lipinski definition) is 4. The zero-order valence-electron chi connectivity index (χ0n) is 16.4. The number of benzene rings is 1. The molecule has 1 aromatic heterocycles. The Morgan fingerprint density at radius 2 is 1.64 bits per heavy atom. The normalized spacial score (nSPS) is 12.3. The largest absolute Gasteiger partial charge is 0.392 e. The van der Waals surface area contributed by atoms with Crippen LogP contribution in [-0.2, 0) is 6.54 Å². The zero-order chi connectivity index (χ0) is 19.7. The maximum absolute atomic E-state index is 9.58. The highest BCUT2D eigenvalue weighted by molar-refractivity contribution is 5.75. The molecule has 0 aliphatic carbocycles. The molecule has 2 aromatic rings. The summed E-state index contributed by atoms with van der Waals surface area (Å²) in [6.45, 7) is 2.35. The van der Waals surface area contributed by atoms with Crippen LogP contribution in [0.2, 0.25) is 0 Å². The molecule has 0 bridgehead atoms. The first-order chi connectivity index (χ1) is 13.5. The molecule has 5 nitrogen and oxygen atoms in total. The maximum atomic E-state index is 9.58. The standard InChI is InChI=1S/C23H24N4O/c1-16(28)14-27-11-10-19-12-21(25-22(19)15-27)18-6-4-17(5-7-18)20-8-9-23(24-13-20)26(2)3/h4-13,15-16,28H,14H2,1-3H3/t16-/m0/s1. The van der Waals surface area contributed by atoms with Crippen molar-refractivity contribution < 1.29 is 5.11 Å². The number of fused-ring (bicyclic) bond motifs is 1. The van der Waals surface area contributed by atoms with Crippen molar-refractivity contribution in [3.05, 3.63) is 67.1 Å². The van der Waals surface area contributed by atoms with Gasteiger partial charge in [0.05, 0.1) is 17.5 Å². The van der Waals surface area contributed by atoms with Gasteiger partial charge in [-0.3, -0.25) is 0 Å². The summed E-state index contributed by atoms with van der Waals surface area (Å²) in [7, 11) is 3.97. The Hall–Kier alpha value is -3.18. The molecular formula is C23H24N4O. The molecule has 0 amide bonds. The van der Waals surface area contributed by atoms with Gasteiger partial charge in [-0.1, -0.05) is 24.3 Å². The Morgan fingerprint density at radius 1 is 0.929 bits per heavy atom. The lowest BCUT2D eigenvalue weighted by molar-refractivity contribution is 0.173. The molecule has 1 N–H and O–H groups in total. The van der Waals surface area contributed by atoms with Crippen LogP contribution in [0.1, 0.15) is 6.92 Å². The van der Waals surface area contributed by atoms with Gasteiger partial charge in [-0.25, -0.2) is 9.97 Å². The van der Waals surface area contributed by atoms with Crippen LogP contribution in [0.15, 0.2) is 67.1 Å². The van der Waals surface area contributed by atoms with E-state index in [0.29, 0.717) is 6.54 Å². The molecule has 0 unspecified atom stereocenters. The van der Waals surface area contributed by atoms with Crippen molar-refractivity contribution in [1.82, 2.24) is 14.5 Å². The average Bonchev–Trinajstić information content (AvgIpc) is 3.11. The first kappa shape index (κ1) is 18.2. The average molecular weight is 372 g/mol. The molecular weight excluding hydrogens is 348 g/mol. The Balaban J connectivity index is 1.59. The number of pyridine rings is 2. The summed E-state index contributed by atoms with van der Waals surface area (Å²) >= 11 is 0. The number of nitrogens with zero attached hydrogens (tertiary/aromatic N) is 4. The van der Waals surface area contributed by atoms with E-state index < -0.39 is 0 Å². The Kier molecular flexibility index (Phi) is 4.84. The Morgan fingerprint density at radius 3 is 2.29 bits per heavy atom. The van der Waals surface area contributed by atoms with Gasteiger partial charge in [-0.2, -0.15) is 0 Å². The topological polar surface area (TPSA) is 54.2 Å². The van der Waals surface area contributed by atoms with Crippen molar-refractivity contribution in [2.24, 2.45) is 0 Å². The molecule has 0 spiro atoms. The minimum atomic E-state index is -0.384. The van der Waals surface area contributed by atoms with E-state index in [-0.39, 0.29) is 6.10 Å². The highest BCUT2D eigenvalue weighted by Crippen LogP contribution is 2.30. The highest BCUT2D eigenvalue weighted by atomic mass is 16.3. The number of aliphatic hydroxyl groups is 1. The second-order valence-corrected chi connectivity index (χ2v) is 7.35. The van der Waals surface area contributed by atoms with E-state index in [1.165, 1.54) is 0 Å². The molecule has 28 heavy (non-hydrogen) atoms. The summed E-state index contributed by atoms with van der Waals surface area (Å²) in [5.41, 5.74) is 6.30. The number of anilines is 1. The molecule has 0 saturated carbocycles. The molecule has 5 heteroatoms. The van der Waals surface area contributed by atoms with Crippen molar-refractivity contribution in [2.75, 3.05) is 19.0 Å². The van der Waals surface area contributed by atoms with E-state index in [4.69, 9.17) is 4.98 Å². The second-order valence-electron chi connectivity index (χ2n) is 7.35. The van der Waals surface area contributed by atoms with E-state index in [1.807, 2.05) is 54.3 Å². The summed E-state index contributed by atoms with van der Waals surface area (Å²) in [6.07, 6.45) is 5.48. The minimum Gasteiger partial charge on any atom is -0.392 e. The number of aromatic nitrogens is 3. The third-order valence-corrected chi connectivity index (χ3v) is 4.76. The van der Waals surface area contributed by atoms with Crippen molar-refractivity contribution in [3.63, 3.8) is 0 Å². The van der Waals surface area contributed by atoms with Crippen LogP contribution in [-0.4, -0.2) is 39.8 Å². The lowest BCUT2D eigenvalue weighted by Gasteiger charge is -2.11. The van der Waals surface area contributed by atoms with Gasteiger partial charge >= 0.3 is 0 Å². The van der Waals surface area contributed by atoms with Crippen LogP contribution in [0.5, 0.6) is 0 Å². The van der Waals surface area contributed by atoms with E-state index in [0.717, 1.165) is 39.5 Å². The van der Waals surface area contributed by atoms with Crippen molar-refractivity contribution in [2.45, 2.75) is 19.6 Å². The first-order valence-electron chi connectivity index (χ1n) is 9.38. The molecule has 4 rings (SSSR count). The van der Waals surface area contributed by atoms with Crippen LogP contribution >= 0.6 is 0 Å². The summed E-state index contributed by atoms with van der Waals surface area (Å²) in [4.78, 5) is 11.2. The van der Waals surface area contributed by atoms with E-state index in [2.05, 4.69) is 41.4 Å². The third-order valence-electron chi connectivity index (χ3n) is 4.76. The fourth-order valence-corrected chi connectivity index (χ4v) is 3.28. The van der Waals surface area contributed by atoms with Crippen molar-refractivity contribution in [1.29, 1.82) is 0 Å². The number of rotatable bonds is 5. The molecule has 1 aromatic carbocycles. The molecule has 1 atom stereocenters. The third kappa shape index (κ3) is 3.75. The van der Waals surface area contributed by atoms with Crippen LogP contribution in [0.4, 0.5) is 5.82 Å². The molecule has 2 aliphatic heterocycles. The molecule has 0 fully saturated rings. The Labute approximate surface area is 165 Å². The first-order valence-corrected chi connectivity index (χ1v) is 9.38. The highest BCUT2D eigenvalue weighted by Gasteiger charge is 2.11. The zero-order valence-corrected chi connectivity index (χ0v) is 16.4. The molecule has 2 aliphatic rings. The Bertz CT molecular complexity index is 1030. The van der Waals surface area contributed by atoms with Crippen molar-refractivity contribution >= 4 is 5.82 Å². The maximum Gasteiger partial charge on any atom is 0.127 e. The quantitative estimate of drug-likeness (QED) is 0.571. The van der Waals surface area contributed by atoms with Gasteiger partial charge in [0, 0.05) is 55.9 Å². The number of hydrogen-bond donors (Lipinski definition) is 1. The smallest absolute Gasteiger partial charge is 0.127 e. The van der Waals surface area contributed by atoms with Gasteiger partial charge in [0.25, 0.3) is 0 Å². The SMILES string of the molecule is C[C@H](O)Cn1ccc2cc(-c3ccc(-c4ccc(N(C)C)nc4)cc3)nc-2c1. The van der Waals surface area contributed by atoms with Gasteiger partial charge in [0.15, 0.2) is 0 Å². The molecule has 3 heterocycles. The fourth-order valence-electron chi connectivity index (χ4n) is 3.28. The van der Waals surface area contributed by atoms with Crippen LogP contribution in [0.3, 0.4) is 0 Å². The lowest BCUT2D eigenvalue weighted by atomic mass is 10.0. The van der Waals surface area contributed by atoms with E-state index >= 15 is 0 Å². The second kappa shape index (κ2) is 7.44. The summed E-state index contributed by atoms with van der Waals surface area (Å²) in [6, 6.07) is 16.7. The molecule has 0 radical (unpaired) electrons. The van der Waals surface area contributed by atoms with Gasteiger partial charge < -0.3 is 14.6 Å². The van der Waals surface area contributed by atoms with Crippen LogP contribution in [0.25, 0.3) is 33.6 Å². The lowest BCUT2D eigenvalue weighted by Crippen LogP contribution is -2.11. The summed E-state index contributed by atoms with van der Waals surface area (Å²) in [5.74, 6) is 0.945. The summed E-state index contributed by atoms with van der Waals surface area (Å²) in [5, 5.41) is 9.58. The fraction of sp³-hybridized carbons (Fsp3) is 0.217. The van der Waals surface area contributed by atoms with Crippen LogP contribution < -0.4 is 4.90 Å². The monoisotopic (exact) mass is 372 g/mol. The van der Waals surface area contributed by atoms with E-state index in [9.17, 15) is 5.11 Å². The summed E-state index contributed by atoms with van der Waals surface area (Å²) < 4.78 is 1.97. The van der Waals surface area contributed by atoms with Gasteiger partial charge in [-0.15, -0.1) is 0 Å². The van der Waals surface area contributed by atoms with Crippen molar-refractivity contribution in [3.8, 4) is 33.6 Å². The number of aliphatic hydroxyl groups excluding tert-OH is 1. The minimum absolute atomic E-state index is 0.384. The predicted molar refractivity (Wildman–Crippen MR) is 114 cm³/mol.